The highest BCUT2D eigenvalue weighted by atomic mass is 32.2. The number of H-pyrrole nitrogens is 1. The molecule has 3 aromatic rings. The number of nitrogens with zero attached hydrogens (tertiary/aromatic N) is 3. The molecule has 0 radical (unpaired) electrons. The molecule has 0 unspecified atom stereocenters. The van der Waals surface area contributed by atoms with Crippen molar-refractivity contribution in [2.24, 2.45) is 4.40 Å². The molecule has 0 saturated heterocycles. The van der Waals surface area contributed by atoms with Crippen molar-refractivity contribution < 1.29 is 22.5 Å². The predicted octanol–water partition coefficient (Wildman–Crippen LogP) is 0.275. The second-order valence-electron chi connectivity index (χ2n) is 6.63. The number of benzene rings is 1. The highest BCUT2D eigenvalue weighted by Crippen LogP contribution is 2.14. The Morgan fingerprint density at radius 1 is 1.22 bits per heavy atom. The summed E-state index contributed by atoms with van der Waals surface area (Å²) in [4.78, 5) is 37.4. The fourth-order valence-electron chi connectivity index (χ4n) is 2.64. The summed E-state index contributed by atoms with van der Waals surface area (Å²) in [5.41, 5.74) is 1.05. The Balaban J connectivity index is 2.06. The van der Waals surface area contributed by atoms with Gasteiger partial charge >= 0.3 is 11.8 Å². The van der Waals surface area contributed by atoms with Gasteiger partial charge < -0.3 is 9.88 Å². The first kappa shape index (κ1) is 22.7. The van der Waals surface area contributed by atoms with Gasteiger partial charge in [0.25, 0.3) is 10.0 Å². The van der Waals surface area contributed by atoms with Gasteiger partial charge in [-0.3, -0.25) is 19.6 Å². The zero-order chi connectivity index (χ0) is 23.3. The number of nitrogens with one attached hydrogen (secondary N) is 3. The van der Waals surface area contributed by atoms with E-state index in [2.05, 4.69) is 29.7 Å². The number of amides is 3. The van der Waals surface area contributed by atoms with Crippen LogP contribution in [0.25, 0.3) is 11.4 Å². The smallest absolute Gasteiger partial charge is 0.338 e. The van der Waals surface area contributed by atoms with E-state index in [-0.39, 0.29) is 16.2 Å². The minimum Gasteiger partial charge on any atom is -0.338 e. The Labute approximate surface area is 182 Å². The molecule has 168 valence electrons. The van der Waals surface area contributed by atoms with Gasteiger partial charge in [0.2, 0.25) is 5.91 Å². The molecule has 0 bridgehead atoms. The van der Waals surface area contributed by atoms with Gasteiger partial charge in [-0.05, 0) is 38.1 Å². The van der Waals surface area contributed by atoms with Crippen molar-refractivity contribution in [3.8, 4) is 11.4 Å². The number of carbonyl (C=O) groups is 2. The van der Waals surface area contributed by atoms with Crippen molar-refractivity contribution in [2.45, 2.75) is 25.3 Å². The largest absolute Gasteiger partial charge is 0.439 e. The van der Waals surface area contributed by atoms with Crippen LogP contribution in [0, 0.1) is 6.92 Å². The summed E-state index contributed by atoms with van der Waals surface area (Å²) in [5.74, 6) is -1.42. The van der Waals surface area contributed by atoms with Crippen LogP contribution in [0.3, 0.4) is 0 Å². The third-order valence-electron chi connectivity index (χ3n) is 4.16. The van der Waals surface area contributed by atoms with E-state index in [1.807, 2.05) is 6.92 Å². The summed E-state index contributed by atoms with van der Waals surface area (Å²) in [6.07, 6.45) is 1.38. The van der Waals surface area contributed by atoms with Gasteiger partial charge in [-0.1, -0.05) is 22.9 Å². The van der Waals surface area contributed by atoms with Gasteiger partial charge in [0.1, 0.15) is 12.0 Å². The van der Waals surface area contributed by atoms with Gasteiger partial charge in [0, 0.05) is 18.3 Å². The SMILES string of the molecule is CCNC(=O)NC(=O)Cn1ccc(-c2noc(=O)[nH]2)cc1=NS(=O)(=O)c1ccc(C)cc1. The van der Waals surface area contributed by atoms with Crippen LogP contribution in [0.4, 0.5) is 4.79 Å². The van der Waals surface area contributed by atoms with E-state index < -0.39 is 34.3 Å². The second kappa shape index (κ2) is 9.43. The van der Waals surface area contributed by atoms with E-state index in [0.29, 0.717) is 12.1 Å². The first-order chi connectivity index (χ1) is 15.2. The molecule has 0 saturated carbocycles. The zero-order valence-electron chi connectivity index (χ0n) is 17.2. The molecule has 0 fully saturated rings. The number of sulfonamides is 1. The Morgan fingerprint density at radius 3 is 2.56 bits per heavy atom. The number of urea groups is 1. The van der Waals surface area contributed by atoms with Crippen LogP contribution in [0.2, 0.25) is 0 Å². The van der Waals surface area contributed by atoms with Crippen LogP contribution >= 0.6 is 0 Å². The normalized spacial score (nSPS) is 11.9. The number of hydrogen-bond donors (Lipinski definition) is 3. The molecule has 0 aliphatic carbocycles. The number of hydrogen-bond acceptors (Lipinski definition) is 7. The van der Waals surface area contributed by atoms with Crippen molar-refractivity contribution >= 4 is 22.0 Å². The Kier molecular flexibility index (Phi) is 6.68. The molecule has 12 nitrogen and oxygen atoms in total. The molecule has 32 heavy (non-hydrogen) atoms. The van der Waals surface area contributed by atoms with E-state index in [1.54, 1.807) is 19.1 Å². The molecule has 3 amide bonds. The van der Waals surface area contributed by atoms with E-state index in [9.17, 15) is 22.8 Å². The third-order valence-corrected chi connectivity index (χ3v) is 5.46. The number of pyridine rings is 1. The van der Waals surface area contributed by atoms with Gasteiger partial charge in [-0.25, -0.2) is 9.59 Å². The van der Waals surface area contributed by atoms with Crippen LogP contribution in [-0.4, -0.2) is 41.6 Å². The number of aromatic amines is 1. The zero-order valence-corrected chi connectivity index (χ0v) is 18.0. The van der Waals surface area contributed by atoms with Crippen LogP contribution in [0.1, 0.15) is 12.5 Å². The van der Waals surface area contributed by atoms with Gasteiger partial charge in [0.05, 0.1) is 4.90 Å². The van der Waals surface area contributed by atoms with Crippen LogP contribution < -0.4 is 21.9 Å². The molecule has 0 aliphatic rings. The highest BCUT2D eigenvalue weighted by molar-refractivity contribution is 7.90. The lowest BCUT2D eigenvalue weighted by Gasteiger charge is -2.09. The highest BCUT2D eigenvalue weighted by Gasteiger charge is 2.15. The van der Waals surface area contributed by atoms with Crippen LogP contribution in [0.15, 0.2) is 61.2 Å². The molecule has 3 rings (SSSR count). The topological polar surface area (TPSA) is 169 Å². The molecule has 0 atom stereocenters. The number of carbonyl (C=O) groups excluding carboxylic acids is 2. The summed E-state index contributed by atoms with van der Waals surface area (Å²) in [7, 11) is -4.14. The van der Waals surface area contributed by atoms with E-state index >= 15 is 0 Å². The summed E-state index contributed by atoms with van der Waals surface area (Å²) in [6, 6.07) is 8.21. The first-order valence-corrected chi connectivity index (χ1v) is 10.8. The molecule has 2 aromatic heterocycles. The number of imide groups is 1. The minimum atomic E-state index is -4.14. The summed E-state index contributed by atoms with van der Waals surface area (Å²) in [6.45, 7) is 3.44. The molecule has 2 heterocycles. The number of rotatable bonds is 6. The Morgan fingerprint density at radius 2 is 1.94 bits per heavy atom. The molecular weight excluding hydrogens is 440 g/mol. The molecule has 0 spiro atoms. The molecule has 0 aliphatic heterocycles. The minimum absolute atomic E-state index is 0.0401. The van der Waals surface area contributed by atoms with Crippen molar-refractivity contribution in [1.82, 2.24) is 25.3 Å². The van der Waals surface area contributed by atoms with E-state index in [1.165, 1.54) is 35.0 Å². The fourth-order valence-corrected chi connectivity index (χ4v) is 3.63. The lowest BCUT2D eigenvalue weighted by Crippen LogP contribution is -2.42. The van der Waals surface area contributed by atoms with Crippen molar-refractivity contribution in [3.05, 3.63) is 64.2 Å². The monoisotopic (exact) mass is 460 g/mol. The van der Waals surface area contributed by atoms with Gasteiger partial charge in [-0.2, -0.15) is 8.42 Å². The molecule has 3 N–H and O–H groups in total. The third kappa shape index (κ3) is 5.57. The summed E-state index contributed by atoms with van der Waals surface area (Å²) >= 11 is 0. The van der Waals surface area contributed by atoms with Gasteiger partial charge in [-0.15, -0.1) is 4.40 Å². The maximum Gasteiger partial charge on any atom is 0.439 e. The van der Waals surface area contributed by atoms with Crippen molar-refractivity contribution in [2.75, 3.05) is 6.54 Å². The van der Waals surface area contributed by atoms with Crippen LogP contribution in [-0.2, 0) is 21.4 Å². The van der Waals surface area contributed by atoms with Crippen molar-refractivity contribution in [1.29, 1.82) is 0 Å². The molecule has 1 aromatic carbocycles. The Bertz CT molecular complexity index is 1370. The molecule has 13 heteroatoms. The lowest BCUT2D eigenvalue weighted by atomic mass is 10.2. The average molecular weight is 460 g/mol. The summed E-state index contributed by atoms with van der Waals surface area (Å²) < 4.78 is 35.2. The maximum atomic E-state index is 12.8. The van der Waals surface area contributed by atoms with Crippen LogP contribution in [0.5, 0.6) is 0 Å². The summed E-state index contributed by atoms with van der Waals surface area (Å²) in [5, 5.41) is 8.12. The lowest BCUT2D eigenvalue weighted by molar-refractivity contribution is -0.120. The standard InChI is InChI=1S/C19H20N6O6S/c1-3-20-18(27)21-16(26)11-25-9-8-13(17-22-19(28)31-23-17)10-15(25)24-32(29,30)14-6-4-12(2)5-7-14/h4-10H,3,11H2,1-2H3,(H,22,23,28)(H2,20,21,26,27). The number of aryl methyl sites for hydroxylation is 1. The van der Waals surface area contributed by atoms with E-state index in [0.717, 1.165) is 5.56 Å². The predicted molar refractivity (Wildman–Crippen MR) is 112 cm³/mol. The van der Waals surface area contributed by atoms with Crippen molar-refractivity contribution in [3.63, 3.8) is 0 Å². The second-order valence-corrected chi connectivity index (χ2v) is 8.24. The number of aromatic nitrogens is 3. The quantitative estimate of drug-likeness (QED) is 0.474. The van der Waals surface area contributed by atoms with E-state index in [4.69, 9.17) is 0 Å². The first-order valence-electron chi connectivity index (χ1n) is 9.40. The average Bonchev–Trinajstić information content (AvgIpc) is 3.16. The van der Waals surface area contributed by atoms with Gasteiger partial charge in [0.15, 0.2) is 5.82 Å². The Hall–Kier alpha value is -4.00. The maximum absolute atomic E-state index is 12.8. The fraction of sp³-hybridized carbons (Fsp3) is 0.211. The molecular formula is C19H20N6O6S.